The number of anilines is 1. The number of rotatable bonds is 4. The molecule has 0 spiro atoms. The first-order valence-corrected chi connectivity index (χ1v) is 12.2. The molecule has 5 rings (SSSR count). The highest BCUT2D eigenvalue weighted by Crippen LogP contribution is 2.48. The van der Waals surface area contributed by atoms with Gasteiger partial charge in [0.15, 0.2) is 6.10 Å². The molecule has 3 atom stereocenters. The molecule has 3 aromatic carbocycles. The van der Waals surface area contributed by atoms with Gasteiger partial charge in [-0.25, -0.2) is 5.06 Å². The lowest BCUT2D eigenvalue weighted by atomic mass is 9.83. The maximum Gasteiger partial charge on any atom is 0.255 e. The van der Waals surface area contributed by atoms with Gasteiger partial charge in [0.2, 0.25) is 0 Å². The van der Waals surface area contributed by atoms with Gasteiger partial charge in [-0.05, 0) is 66.8 Å². The van der Waals surface area contributed by atoms with E-state index in [0.717, 1.165) is 42.7 Å². The number of benzene rings is 3. The van der Waals surface area contributed by atoms with Crippen LogP contribution in [0.15, 0.2) is 78.9 Å². The number of likely N-dealkylation sites (tertiary alicyclic amines) is 1. The number of hydrogen-bond acceptors (Lipinski definition) is 3. The van der Waals surface area contributed by atoms with Crippen LogP contribution in [0.4, 0.5) is 5.69 Å². The smallest absolute Gasteiger partial charge is 0.255 e. The standard InChI is InChI=1S/C27H26Cl2N2O2/c28-21-13-9-19(10-14-21)24-25(20-11-15-22(29)16-12-20)31(23-7-3-1-4-8-23)33-26(24)27(32)30-17-5-2-6-18-30/h1,3-4,7-16,24-26H,2,5-6,17-18H2/t24-,25-,26-/m0/s1. The van der Waals surface area contributed by atoms with Crippen molar-refractivity contribution in [2.75, 3.05) is 18.2 Å². The molecule has 3 aromatic rings. The zero-order valence-corrected chi connectivity index (χ0v) is 19.8. The van der Waals surface area contributed by atoms with Gasteiger partial charge in [-0.2, -0.15) is 0 Å². The molecule has 0 aliphatic carbocycles. The molecular weight excluding hydrogens is 455 g/mol. The Balaban J connectivity index is 1.62. The summed E-state index contributed by atoms with van der Waals surface area (Å²) in [5.74, 6) is -0.162. The SMILES string of the molecule is O=C([C@H]1ON(c2ccccc2)[C@@H](c2ccc(Cl)cc2)[C@@H]1c1ccc(Cl)cc1)N1CCCCC1. The van der Waals surface area contributed by atoms with E-state index in [0.29, 0.717) is 10.0 Å². The van der Waals surface area contributed by atoms with Crippen molar-refractivity contribution in [2.24, 2.45) is 0 Å². The number of carbonyl (C=O) groups is 1. The first-order valence-electron chi connectivity index (χ1n) is 11.4. The maximum absolute atomic E-state index is 13.8. The fraction of sp³-hybridized carbons (Fsp3) is 0.296. The Morgan fingerprint density at radius 2 is 1.33 bits per heavy atom. The molecule has 1 amide bonds. The summed E-state index contributed by atoms with van der Waals surface area (Å²) in [6, 6.07) is 25.3. The molecule has 0 aromatic heterocycles. The summed E-state index contributed by atoms with van der Waals surface area (Å²) in [5, 5.41) is 3.24. The summed E-state index contributed by atoms with van der Waals surface area (Å²) in [7, 11) is 0. The highest BCUT2D eigenvalue weighted by Gasteiger charge is 2.49. The Morgan fingerprint density at radius 1 is 0.758 bits per heavy atom. The van der Waals surface area contributed by atoms with Gasteiger partial charge in [-0.3, -0.25) is 9.63 Å². The predicted octanol–water partition coefficient (Wildman–Crippen LogP) is 6.65. The molecule has 2 fully saturated rings. The topological polar surface area (TPSA) is 32.8 Å². The van der Waals surface area contributed by atoms with E-state index in [9.17, 15) is 4.79 Å². The summed E-state index contributed by atoms with van der Waals surface area (Å²) in [5.41, 5.74) is 2.97. The van der Waals surface area contributed by atoms with E-state index >= 15 is 0 Å². The van der Waals surface area contributed by atoms with Crippen molar-refractivity contribution >= 4 is 34.8 Å². The molecule has 2 heterocycles. The van der Waals surface area contributed by atoms with E-state index in [-0.39, 0.29) is 17.9 Å². The number of amides is 1. The van der Waals surface area contributed by atoms with Crippen molar-refractivity contribution in [3.05, 3.63) is 100 Å². The third-order valence-corrected chi connectivity index (χ3v) is 7.04. The normalized spacial score (nSPS) is 23.0. The molecule has 2 saturated heterocycles. The van der Waals surface area contributed by atoms with Crippen LogP contribution in [0.3, 0.4) is 0 Å². The number of para-hydroxylation sites is 1. The summed E-state index contributed by atoms with van der Waals surface area (Å²) in [4.78, 5) is 22.3. The number of carbonyl (C=O) groups excluding carboxylic acids is 1. The molecule has 6 heteroatoms. The Morgan fingerprint density at radius 3 is 1.94 bits per heavy atom. The van der Waals surface area contributed by atoms with Crippen molar-refractivity contribution in [1.82, 2.24) is 4.90 Å². The molecular formula is C27H26Cl2N2O2. The lowest BCUT2D eigenvalue weighted by Gasteiger charge is -2.30. The molecule has 0 saturated carbocycles. The van der Waals surface area contributed by atoms with Crippen LogP contribution >= 0.6 is 23.2 Å². The van der Waals surface area contributed by atoms with Crippen LogP contribution in [-0.2, 0) is 9.63 Å². The minimum Gasteiger partial charge on any atom is -0.340 e. The first-order chi connectivity index (χ1) is 16.1. The number of nitrogens with zero attached hydrogens (tertiary/aromatic N) is 2. The molecule has 0 unspecified atom stereocenters. The lowest BCUT2D eigenvalue weighted by molar-refractivity contribution is -0.143. The molecule has 33 heavy (non-hydrogen) atoms. The third kappa shape index (κ3) is 4.61. The molecule has 2 aliphatic heterocycles. The second kappa shape index (κ2) is 9.76. The second-order valence-corrected chi connectivity index (χ2v) is 9.52. The van der Waals surface area contributed by atoms with Crippen LogP contribution in [0.5, 0.6) is 0 Å². The average molecular weight is 481 g/mol. The zero-order valence-electron chi connectivity index (χ0n) is 18.2. The Bertz CT molecular complexity index is 1080. The zero-order chi connectivity index (χ0) is 22.8. The van der Waals surface area contributed by atoms with Gasteiger partial charge in [-0.15, -0.1) is 0 Å². The monoisotopic (exact) mass is 480 g/mol. The van der Waals surface area contributed by atoms with E-state index in [2.05, 4.69) is 0 Å². The Kier molecular flexibility index (Phi) is 6.59. The van der Waals surface area contributed by atoms with E-state index < -0.39 is 6.10 Å². The van der Waals surface area contributed by atoms with E-state index in [1.165, 1.54) is 6.42 Å². The van der Waals surface area contributed by atoms with Crippen molar-refractivity contribution < 1.29 is 9.63 Å². The first kappa shape index (κ1) is 22.3. The number of hydrogen-bond donors (Lipinski definition) is 0. The van der Waals surface area contributed by atoms with Crippen LogP contribution < -0.4 is 5.06 Å². The Hall–Kier alpha value is -2.53. The minimum absolute atomic E-state index is 0.0482. The van der Waals surface area contributed by atoms with Gasteiger partial charge >= 0.3 is 0 Å². The van der Waals surface area contributed by atoms with Crippen LogP contribution in [0.1, 0.15) is 42.3 Å². The highest BCUT2D eigenvalue weighted by molar-refractivity contribution is 6.30. The molecule has 2 aliphatic rings. The van der Waals surface area contributed by atoms with Gasteiger partial charge in [0, 0.05) is 29.1 Å². The van der Waals surface area contributed by atoms with Gasteiger partial charge in [0.1, 0.15) is 0 Å². The highest BCUT2D eigenvalue weighted by atomic mass is 35.5. The van der Waals surface area contributed by atoms with E-state index in [1.54, 1.807) is 0 Å². The van der Waals surface area contributed by atoms with Gasteiger partial charge < -0.3 is 4.90 Å². The van der Waals surface area contributed by atoms with E-state index in [1.807, 2.05) is 88.8 Å². The summed E-state index contributed by atoms with van der Waals surface area (Å²) in [6.07, 6.45) is 2.60. The fourth-order valence-corrected chi connectivity index (χ4v) is 5.15. The summed E-state index contributed by atoms with van der Waals surface area (Å²) in [6.45, 7) is 1.56. The Labute approximate surface area is 204 Å². The fourth-order valence-electron chi connectivity index (χ4n) is 4.90. The van der Waals surface area contributed by atoms with Gasteiger partial charge in [0.25, 0.3) is 5.91 Å². The predicted molar refractivity (Wildman–Crippen MR) is 133 cm³/mol. The minimum atomic E-state index is -0.634. The van der Waals surface area contributed by atoms with Crippen molar-refractivity contribution in [3.8, 4) is 0 Å². The van der Waals surface area contributed by atoms with Crippen molar-refractivity contribution in [2.45, 2.75) is 37.3 Å². The molecule has 170 valence electrons. The van der Waals surface area contributed by atoms with Crippen LogP contribution in [0.2, 0.25) is 10.0 Å². The maximum atomic E-state index is 13.8. The quantitative estimate of drug-likeness (QED) is 0.418. The third-order valence-electron chi connectivity index (χ3n) is 6.53. The van der Waals surface area contributed by atoms with Crippen LogP contribution in [0, 0.1) is 0 Å². The molecule has 0 N–H and O–H groups in total. The van der Waals surface area contributed by atoms with Crippen molar-refractivity contribution in [3.63, 3.8) is 0 Å². The van der Waals surface area contributed by atoms with Crippen molar-refractivity contribution in [1.29, 1.82) is 0 Å². The van der Waals surface area contributed by atoms with Gasteiger partial charge in [-0.1, -0.05) is 65.7 Å². The van der Waals surface area contributed by atoms with Crippen LogP contribution in [0.25, 0.3) is 0 Å². The largest absolute Gasteiger partial charge is 0.340 e. The van der Waals surface area contributed by atoms with Gasteiger partial charge in [0.05, 0.1) is 11.7 Å². The number of hydroxylamine groups is 1. The number of piperidine rings is 1. The van der Waals surface area contributed by atoms with Crippen LogP contribution in [-0.4, -0.2) is 30.0 Å². The summed E-state index contributed by atoms with van der Waals surface area (Å²) < 4.78 is 0. The van der Waals surface area contributed by atoms with E-state index in [4.69, 9.17) is 28.0 Å². The second-order valence-electron chi connectivity index (χ2n) is 8.65. The molecule has 0 bridgehead atoms. The number of halogens is 2. The molecule has 4 nitrogen and oxygen atoms in total. The summed E-state index contributed by atoms with van der Waals surface area (Å²) >= 11 is 12.4. The average Bonchev–Trinajstić information content (AvgIpc) is 3.26. The molecule has 0 radical (unpaired) electrons. The lowest BCUT2D eigenvalue weighted by Crippen LogP contribution is -2.44.